The lowest BCUT2D eigenvalue weighted by molar-refractivity contribution is 0.191. The highest BCUT2D eigenvalue weighted by atomic mass is 16.3. The lowest BCUT2D eigenvalue weighted by Gasteiger charge is -2.19. The van der Waals surface area contributed by atoms with Gasteiger partial charge in [0.15, 0.2) is 0 Å². The zero-order valence-corrected chi connectivity index (χ0v) is 8.87. The Morgan fingerprint density at radius 2 is 2.21 bits per heavy atom. The van der Waals surface area contributed by atoms with Gasteiger partial charge < -0.3 is 10.4 Å². The summed E-state index contributed by atoms with van der Waals surface area (Å²) in [5.74, 6) is 1.03. The Morgan fingerprint density at radius 1 is 1.50 bits per heavy atom. The van der Waals surface area contributed by atoms with Crippen LogP contribution >= 0.6 is 0 Å². The van der Waals surface area contributed by atoms with Crippen molar-refractivity contribution in [3.8, 4) is 6.07 Å². The third kappa shape index (κ3) is 2.97. The second-order valence-corrected chi connectivity index (χ2v) is 4.13. The van der Waals surface area contributed by atoms with Crippen molar-refractivity contribution in [3.63, 3.8) is 0 Å². The molecule has 1 fully saturated rings. The standard InChI is InChI=1S/C11H20N2O/c1-2-11(6-12)13-7-9-4-3-5-10(9)8-14/h9-11,13-14H,2-5,7-8H2,1H3. The average molecular weight is 196 g/mol. The molecule has 1 saturated carbocycles. The highest BCUT2D eigenvalue weighted by molar-refractivity contribution is 4.90. The van der Waals surface area contributed by atoms with E-state index in [0.29, 0.717) is 18.4 Å². The Kier molecular flexibility index (Phi) is 4.92. The maximum absolute atomic E-state index is 9.12. The van der Waals surface area contributed by atoms with E-state index in [1.165, 1.54) is 12.8 Å². The van der Waals surface area contributed by atoms with Crippen LogP contribution in [0.15, 0.2) is 0 Å². The normalized spacial score (nSPS) is 28.6. The van der Waals surface area contributed by atoms with Crippen LogP contribution in [0.2, 0.25) is 0 Å². The van der Waals surface area contributed by atoms with E-state index in [0.717, 1.165) is 19.4 Å². The molecule has 0 saturated heterocycles. The molecule has 0 heterocycles. The molecule has 0 bridgehead atoms. The van der Waals surface area contributed by atoms with Gasteiger partial charge in [-0.25, -0.2) is 0 Å². The van der Waals surface area contributed by atoms with E-state index in [-0.39, 0.29) is 6.04 Å². The maximum Gasteiger partial charge on any atom is 0.0950 e. The Hall–Kier alpha value is -0.590. The smallest absolute Gasteiger partial charge is 0.0950 e. The van der Waals surface area contributed by atoms with Crippen LogP contribution in [0.3, 0.4) is 0 Å². The summed E-state index contributed by atoms with van der Waals surface area (Å²) in [6, 6.07) is 2.22. The molecule has 0 amide bonds. The second-order valence-electron chi connectivity index (χ2n) is 4.13. The summed E-state index contributed by atoms with van der Waals surface area (Å²) in [7, 11) is 0. The molecule has 0 aliphatic heterocycles. The van der Waals surface area contributed by atoms with E-state index in [1.54, 1.807) is 0 Å². The van der Waals surface area contributed by atoms with Crippen molar-refractivity contribution >= 4 is 0 Å². The van der Waals surface area contributed by atoms with E-state index >= 15 is 0 Å². The molecule has 0 aromatic heterocycles. The Bertz CT molecular complexity index is 200. The topological polar surface area (TPSA) is 56.0 Å². The summed E-state index contributed by atoms with van der Waals surface area (Å²) in [5, 5.41) is 21.1. The molecular formula is C11H20N2O. The predicted octanol–water partition coefficient (Wildman–Crippen LogP) is 1.29. The van der Waals surface area contributed by atoms with Crippen molar-refractivity contribution in [3.05, 3.63) is 0 Å². The van der Waals surface area contributed by atoms with Crippen LogP contribution in [0.4, 0.5) is 0 Å². The fourth-order valence-corrected chi connectivity index (χ4v) is 2.20. The molecule has 0 spiro atoms. The van der Waals surface area contributed by atoms with Gasteiger partial charge in [-0.2, -0.15) is 5.26 Å². The van der Waals surface area contributed by atoms with Crippen molar-refractivity contribution in [2.24, 2.45) is 11.8 Å². The summed E-state index contributed by atoms with van der Waals surface area (Å²) >= 11 is 0. The molecule has 0 aromatic carbocycles. The third-order valence-electron chi connectivity index (χ3n) is 3.24. The molecule has 80 valence electrons. The quantitative estimate of drug-likeness (QED) is 0.696. The van der Waals surface area contributed by atoms with Gasteiger partial charge in [0.2, 0.25) is 0 Å². The second kappa shape index (κ2) is 6.00. The highest BCUT2D eigenvalue weighted by Gasteiger charge is 2.26. The van der Waals surface area contributed by atoms with Crippen molar-refractivity contribution in [2.45, 2.75) is 38.6 Å². The van der Waals surface area contributed by atoms with Crippen molar-refractivity contribution in [1.29, 1.82) is 5.26 Å². The SMILES string of the molecule is CCC(C#N)NCC1CCCC1CO. The molecule has 1 aliphatic carbocycles. The fourth-order valence-electron chi connectivity index (χ4n) is 2.20. The monoisotopic (exact) mass is 196 g/mol. The van der Waals surface area contributed by atoms with Gasteiger partial charge in [-0.15, -0.1) is 0 Å². The molecule has 2 N–H and O–H groups in total. The van der Waals surface area contributed by atoms with Crippen molar-refractivity contribution in [2.75, 3.05) is 13.2 Å². The number of hydrogen-bond donors (Lipinski definition) is 2. The fraction of sp³-hybridized carbons (Fsp3) is 0.909. The largest absolute Gasteiger partial charge is 0.396 e. The first-order valence-corrected chi connectivity index (χ1v) is 5.55. The van der Waals surface area contributed by atoms with E-state index < -0.39 is 0 Å². The highest BCUT2D eigenvalue weighted by Crippen LogP contribution is 2.30. The van der Waals surface area contributed by atoms with Gasteiger partial charge in [0.1, 0.15) is 0 Å². The van der Waals surface area contributed by atoms with Crippen LogP contribution in [0.25, 0.3) is 0 Å². The Balaban J connectivity index is 2.26. The number of aliphatic hydroxyl groups is 1. The van der Waals surface area contributed by atoms with E-state index in [2.05, 4.69) is 11.4 Å². The van der Waals surface area contributed by atoms with Gasteiger partial charge in [0.25, 0.3) is 0 Å². The molecule has 0 aromatic rings. The number of nitrogens with zero attached hydrogens (tertiary/aromatic N) is 1. The van der Waals surface area contributed by atoms with Gasteiger partial charge in [-0.05, 0) is 37.6 Å². The Morgan fingerprint density at radius 3 is 2.79 bits per heavy atom. The summed E-state index contributed by atoms with van der Waals surface area (Å²) < 4.78 is 0. The molecule has 3 atom stereocenters. The summed E-state index contributed by atoms with van der Waals surface area (Å²) in [6.07, 6.45) is 4.42. The van der Waals surface area contributed by atoms with E-state index in [9.17, 15) is 0 Å². The first-order chi connectivity index (χ1) is 6.81. The molecule has 1 rings (SSSR count). The van der Waals surface area contributed by atoms with Crippen molar-refractivity contribution < 1.29 is 5.11 Å². The maximum atomic E-state index is 9.12. The zero-order valence-electron chi connectivity index (χ0n) is 8.87. The summed E-state index contributed by atoms with van der Waals surface area (Å²) in [6.45, 7) is 3.20. The molecular weight excluding hydrogens is 176 g/mol. The molecule has 3 heteroatoms. The number of nitriles is 1. The predicted molar refractivity (Wildman–Crippen MR) is 55.6 cm³/mol. The number of rotatable bonds is 5. The van der Waals surface area contributed by atoms with Crippen LogP contribution in [-0.2, 0) is 0 Å². The Labute approximate surface area is 86.1 Å². The van der Waals surface area contributed by atoms with Gasteiger partial charge in [0, 0.05) is 6.61 Å². The minimum absolute atomic E-state index is 0.0186. The molecule has 3 nitrogen and oxygen atoms in total. The summed E-state index contributed by atoms with van der Waals surface area (Å²) in [4.78, 5) is 0. The number of hydrogen-bond acceptors (Lipinski definition) is 3. The molecule has 0 radical (unpaired) electrons. The molecule has 1 aliphatic rings. The van der Waals surface area contributed by atoms with E-state index in [4.69, 9.17) is 10.4 Å². The van der Waals surface area contributed by atoms with E-state index in [1.807, 2.05) is 6.92 Å². The van der Waals surface area contributed by atoms with Crippen molar-refractivity contribution in [1.82, 2.24) is 5.32 Å². The minimum atomic E-state index is -0.0186. The van der Waals surface area contributed by atoms with Crippen LogP contribution in [-0.4, -0.2) is 24.3 Å². The van der Waals surface area contributed by atoms with Gasteiger partial charge in [-0.1, -0.05) is 13.3 Å². The first kappa shape index (κ1) is 11.5. The minimum Gasteiger partial charge on any atom is -0.396 e. The van der Waals surface area contributed by atoms with Gasteiger partial charge >= 0.3 is 0 Å². The van der Waals surface area contributed by atoms with Crippen LogP contribution in [0, 0.1) is 23.2 Å². The van der Waals surface area contributed by atoms with Gasteiger partial charge in [-0.3, -0.25) is 0 Å². The summed E-state index contributed by atoms with van der Waals surface area (Å²) in [5.41, 5.74) is 0. The van der Waals surface area contributed by atoms with Crippen LogP contribution < -0.4 is 5.32 Å². The average Bonchev–Trinajstić information content (AvgIpc) is 2.67. The van der Waals surface area contributed by atoms with Gasteiger partial charge in [0.05, 0.1) is 12.1 Å². The lowest BCUT2D eigenvalue weighted by Crippen LogP contribution is -2.33. The number of nitrogens with one attached hydrogen (secondary N) is 1. The lowest BCUT2D eigenvalue weighted by atomic mass is 9.96. The third-order valence-corrected chi connectivity index (χ3v) is 3.24. The van der Waals surface area contributed by atoms with Crippen LogP contribution in [0.5, 0.6) is 0 Å². The first-order valence-electron chi connectivity index (χ1n) is 5.55. The molecule has 14 heavy (non-hydrogen) atoms. The number of aliphatic hydroxyl groups excluding tert-OH is 1. The van der Waals surface area contributed by atoms with Crippen LogP contribution in [0.1, 0.15) is 32.6 Å². The molecule has 3 unspecified atom stereocenters. The zero-order chi connectivity index (χ0) is 10.4.